The predicted molar refractivity (Wildman–Crippen MR) is 132 cm³/mol. The fourth-order valence-electron chi connectivity index (χ4n) is 3.87. The maximum atomic E-state index is 14.5. The molecule has 0 aliphatic heterocycles. The summed E-state index contributed by atoms with van der Waals surface area (Å²) in [6, 6.07) is 22.9. The van der Waals surface area contributed by atoms with Crippen molar-refractivity contribution in [2.75, 3.05) is 0 Å². The molecule has 0 bridgehead atoms. The molecule has 0 aliphatic carbocycles. The van der Waals surface area contributed by atoms with Crippen LogP contribution in [0.1, 0.15) is 47.9 Å². The van der Waals surface area contributed by atoms with Gasteiger partial charge in [-0.25, -0.2) is 4.39 Å². The van der Waals surface area contributed by atoms with Gasteiger partial charge in [-0.15, -0.1) is 13.2 Å². The Hall–Kier alpha value is -2.93. The van der Waals surface area contributed by atoms with Crippen LogP contribution in [0.15, 0.2) is 92.0 Å². The first-order valence-corrected chi connectivity index (χ1v) is 11.4. The van der Waals surface area contributed by atoms with Crippen molar-refractivity contribution in [1.29, 1.82) is 0 Å². The Morgan fingerprint density at radius 3 is 1.55 bits per heavy atom. The first-order valence-electron chi connectivity index (χ1n) is 11.4. The average Bonchev–Trinajstić information content (AvgIpc) is 2.80. The molecule has 0 spiro atoms. The third-order valence-corrected chi connectivity index (χ3v) is 5.78. The lowest BCUT2D eigenvalue weighted by molar-refractivity contribution is 0.629. The van der Waals surface area contributed by atoms with Gasteiger partial charge in [0, 0.05) is 5.56 Å². The van der Waals surface area contributed by atoms with E-state index < -0.39 is 0 Å². The smallest absolute Gasteiger partial charge is 0.131 e. The summed E-state index contributed by atoms with van der Waals surface area (Å²) in [5.74, 6) is -0.148. The van der Waals surface area contributed by atoms with Crippen molar-refractivity contribution in [3.05, 3.63) is 120 Å². The Labute approximate surface area is 187 Å². The van der Waals surface area contributed by atoms with Crippen LogP contribution in [-0.2, 0) is 25.7 Å². The zero-order valence-corrected chi connectivity index (χ0v) is 18.5. The van der Waals surface area contributed by atoms with Gasteiger partial charge >= 0.3 is 0 Å². The quantitative estimate of drug-likeness (QED) is 0.207. The van der Waals surface area contributed by atoms with Crippen molar-refractivity contribution in [1.82, 2.24) is 0 Å². The molecule has 31 heavy (non-hydrogen) atoms. The van der Waals surface area contributed by atoms with E-state index in [1.165, 1.54) is 23.1 Å². The molecule has 0 saturated heterocycles. The van der Waals surface area contributed by atoms with Crippen molar-refractivity contribution < 1.29 is 4.39 Å². The summed E-state index contributed by atoms with van der Waals surface area (Å²) in [6.45, 7) is 7.51. The van der Waals surface area contributed by atoms with Crippen molar-refractivity contribution in [3.8, 4) is 11.1 Å². The lowest BCUT2D eigenvalue weighted by Crippen LogP contribution is -1.92. The van der Waals surface area contributed by atoms with Gasteiger partial charge in [-0.3, -0.25) is 0 Å². The fraction of sp³-hybridized carbons (Fsp3) is 0.267. The third kappa shape index (κ3) is 7.07. The zero-order chi connectivity index (χ0) is 21.9. The fourth-order valence-corrected chi connectivity index (χ4v) is 3.87. The van der Waals surface area contributed by atoms with Gasteiger partial charge in [-0.2, -0.15) is 0 Å². The molecule has 3 rings (SSSR count). The first-order chi connectivity index (χ1) is 15.2. The number of hydrogen-bond donors (Lipinski definition) is 0. The molecule has 3 aromatic rings. The van der Waals surface area contributed by atoms with Crippen LogP contribution in [0.25, 0.3) is 11.1 Å². The van der Waals surface area contributed by atoms with Gasteiger partial charge in [-0.1, -0.05) is 72.8 Å². The molecule has 0 amide bonds. The molecule has 0 atom stereocenters. The van der Waals surface area contributed by atoms with Gasteiger partial charge in [0.25, 0.3) is 0 Å². The van der Waals surface area contributed by atoms with E-state index in [0.717, 1.165) is 56.1 Å². The second kappa shape index (κ2) is 12.1. The van der Waals surface area contributed by atoms with Crippen molar-refractivity contribution >= 4 is 0 Å². The van der Waals surface area contributed by atoms with E-state index in [4.69, 9.17) is 0 Å². The number of benzene rings is 3. The normalized spacial score (nSPS) is 10.7. The SMILES string of the molecule is C=CCCc1ccc(CCCCc2ccc(-c3ccc(CCC=C)cc3F)cc2)cc1. The van der Waals surface area contributed by atoms with E-state index in [9.17, 15) is 4.39 Å². The Kier molecular flexibility index (Phi) is 8.84. The second-order valence-electron chi connectivity index (χ2n) is 8.19. The Balaban J connectivity index is 1.47. The number of halogens is 1. The molecule has 0 heterocycles. The zero-order valence-electron chi connectivity index (χ0n) is 18.5. The number of unbranched alkanes of at least 4 members (excludes halogenated alkanes) is 1. The molecule has 0 aromatic heterocycles. The van der Waals surface area contributed by atoms with Gasteiger partial charge in [0.05, 0.1) is 0 Å². The molecule has 160 valence electrons. The molecular formula is C30H33F. The van der Waals surface area contributed by atoms with Gasteiger partial charge in [0.1, 0.15) is 5.82 Å². The van der Waals surface area contributed by atoms with Crippen molar-refractivity contribution in [2.45, 2.75) is 51.4 Å². The number of allylic oxidation sites excluding steroid dienone is 2. The summed E-state index contributed by atoms with van der Waals surface area (Å²) in [5.41, 5.74) is 6.73. The average molecular weight is 413 g/mol. The number of aryl methyl sites for hydroxylation is 4. The summed E-state index contributed by atoms with van der Waals surface area (Å²) in [6.07, 6.45) is 12.1. The summed E-state index contributed by atoms with van der Waals surface area (Å²) in [4.78, 5) is 0. The highest BCUT2D eigenvalue weighted by molar-refractivity contribution is 5.64. The molecule has 3 aromatic carbocycles. The minimum Gasteiger partial charge on any atom is -0.206 e. The standard InChI is InChI=1S/C30H33F/c1-3-5-9-24-13-15-25(16-14-24)11-7-8-12-26-17-20-28(21-18-26)29-22-19-27(10-6-4-2)23-30(29)31/h3-4,13-23H,1-2,5-12H2. The van der Waals surface area contributed by atoms with Crippen LogP contribution < -0.4 is 0 Å². The molecule has 0 aliphatic rings. The minimum atomic E-state index is -0.148. The highest BCUT2D eigenvalue weighted by Gasteiger charge is 2.06. The van der Waals surface area contributed by atoms with Crippen LogP contribution in [0.3, 0.4) is 0 Å². The Morgan fingerprint density at radius 1 is 0.581 bits per heavy atom. The third-order valence-electron chi connectivity index (χ3n) is 5.78. The van der Waals surface area contributed by atoms with Crippen molar-refractivity contribution in [2.24, 2.45) is 0 Å². The van der Waals surface area contributed by atoms with E-state index >= 15 is 0 Å². The molecular weight excluding hydrogens is 379 g/mol. The summed E-state index contributed by atoms with van der Waals surface area (Å²) in [5, 5.41) is 0. The molecule has 0 unspecified atom stereocenters. The van der Waals surface area contributed by atoms with E-state index in [-0.39, 0.29) is 5.82 Å². The second-order valence-corrected chi connectivity index (χ2v) is 8.19. The van der Waals surface area contributed by atoms with Crippen LogP contribution in [0.5, 0.6) is 0 Å². The van der Waals surface area contributed by atoms with Gasteiger partial charge < -0.3 is 0 Å². The largest absolute Gasteiger partial charge is 0.206 e. The monoisotopic (exact) mass is 412 g/mol. The van der Waals surface area contributed by atoms with Gasteiger partial charge in [-0.05, 0) is 85.3 Å². The molecule has 0 radical (unpaired) electrons. The molecule has 1 heteroatoms. The maximum Gasteiger partial charge on any atom is 0.131 e. The molecule has 0 fully saturated rings. The van der Waals surface area contributed by atoms with E-state index in [2.05, 4.69) is 49.6 Å². The summed E-state index contributed by atoms with van der Waals surface area (Å²) in [7, 11) is 0. The molecule has 0 saturated carbocycles. The van der Waals surface area contributed by atoms with Crippen LogP contribution in [0.4, 0.5) is 4.39 Å². The lowest BCUT2D eigenvalue weighted by atomic mass is 9.98. The van der Waals surface area contributed by atoms with Crippen molar-refractivity contribution in [3.63, 3.8) is 0 Å². The minimum absolute atomic E-state index is 0.148. The predicted octanol–water partition coefficient (Wildman–Crippen LogP) is 8.30. The number of rotatable bonds is 12. The van der Waals surface area contributed by atoms with Gasteiger partial charge in [0.2, 0.25) is 0 Å². The molecule has 0 N–H and O–H groups in total. The summed E-state index contributed by atoms with van der Waals surface area (Å²) < 4.78 is 14.5. The highest BCUT2D eigenvalue weighted by Crippen LogP contribution is 2.25. The van der Waals surface area contributed by atoms with E-state index in [1.54, 1.807) is 6.07 Å². The van der Waals surface area contributed by atoms with Crippen LogP contribution >= 0.6 is 0 Å². The topological polar surface area (TPSA) is 0 Å². The maximum absolute atomic E-state index is 14.5. The van der Waals surface area contributed by atoms with Crippen LogP contribution in [0.2, 0.25) is 0 Å². The molecule has 0 nitrogen and oxygen atoms in total. The Morgan fingerprint density at radius 2 is 1.03 bits per heavy atom. The number of hydrogen-bond acceptors (Lipinski definition) is 0. The first kappa shape index (κ1) is 22.7. The van der Waals surface area contributed by atoms with Crippen LogP contribution in [-0.4, -0.2) is 0 Å². The summed E-state index contributed by atoms with van der Waals surface area (Å²) >= 11 is 0. The van der Waals surface area contributed by atoms with Gasteiger partial charge in [0.15, 0.2) is 0 Å². The lowest BCUT2D eigenvalue weighted by Gasteiger charge is -2.08. The highest BCUT2D eigenvalue weighted by atomic mass is 19.1. The van der Waals surface area contributed by atoms with E-state index in [1.807, 2.05) is 36.4 Å². The van der Waals surface area contributed by atoms with E-state index in [0.29, 0.717) is 5.56 Å². The van der Waals surface area contributed by atoms with Crippen LogP contribution in [0, 0.1) is 5.82 Å². The Bertz CT molecular complexity index is 964.